The lowest BCUT2D eigenvalue weighted by Gasteiger charge is -2.09. The quantitative estimate of drug-likeness (QED) is 0.591. The summed E-state index contributed by atoms with van der Waals surface area (Å²) >= 11 is 9.34. The number of amides is 1. The molecule has 1 N–H and O–H groups in total. The van der Waals surface area contributed by atoms with E-state index < -0.39 is 0 Å². The molecule has 24 heavy (non-hydrogen) atoms. The maximum Gasteiger partial charge on any atom is 0.257 e. The van der Waals surface area contributed by atoms with Crippen molar-refractivity contribution < 1.29 is 4.79 Å². The van der Waals surface area contributed by atoms with Gasteiger partial charge in [0.2, 0.25) is 0 Å². The highest BCUT2D eigenvalue weighted by atomic mass is 35.5. The van der Waals surface area contributed by atoms with Crippen LogP contribution in [0.2, 0.25) is 5.02 Å². The van der Waals surface area contributed by atoms with Crippen molar-refractivity contribution in [3.8, 4) is 11.3 Å². The zero-order valence-corrected chi connectivity index (χ0v) is 15.6. The van der Waals surface area contributed by atoms with E-state index in [0.29, 0.717) is 16.3 Å². The number of hydrogen-bond donors (Lipinski definition) is 1. The molecule has 0 saturated heterocycles. The molecule has 0 saturated carbocycles. The number of carbonyl (C=O) groups excluding carboxylic acids is 1. The number of anilines is 1. The second-order valence-electron chi connectivity index (χ2n) is 5.13. The van der Waals surface area contributed by atoms with Crippen LogP contribution in [0.5, 0.6) is 0 Å². The summed E-state index contributed by atoms with van der Waals surface area (Å²) in [5.41, 5.74) is 3.07. The molecule has 1 aromatic heterocycles. The monoisotopic (exact) mass is 374 g/mol. The third kappa shape index (κ3) is 3.80. The van der Waals surface area contributed by atoms with Crippen molar-refractivity contribution in [2.75, 3.05) is 11.6 Å². The van der Waals surface area contributed by atoms with E-state index in [1.165, 1.54) is 0 Å². The molecule has 1 amide bonds. The number of aromatic nitrogens is 1. The van der Waals surface area contributed by atoms with Crippen molar-refractivity contribution in [1.82, 2.24) is 4.98 Å². The highest BCUT2D eigenvalue weighted by Crippen LogP contribution is 2.26. The second kappa shape index (κ2) is 7.38. The van der Waals surface area contributed by atoms with Crippen LogP contribution in [0.1, 0.15) is 15.4 Å². The largest absolute Gasteiger partial charge is 0.322 e. The van der Waals surface area contributed by atoms with Gasteiger partial charge in [0.25, 0.3) is 5.91 Å². The smallest absolute Gasteiger partial charge is 0.257 e. The number of thioether (sulfide) groups is 1. The molecule has 0 aliphatic carbocycles. The zero-order chi connectivity index (χ0) is 17.1. The predicted octanol–water partition coefficient (Wildman–Crippen LogP) is 5.75. The SMILES string of the molecule is CSc1ccc(Cl)c(C(=O)Nc2cccc(-c3csc(C)n3)c2)c1. The number of rotatable bonds is 4. The Morgan fingerprint density at radius 2 is 2.08 bits per heavy atom. The Labute approximate surface area is 154 Å². The normalized spacial score (nSPS) is 10.6. The van der Waals surface area contributed by atoms with Crippen LogP contribution in [0.15, 0.2) is 52.7 Å². The fraction of sp³-hybridized carbons (Fsp3) is 0.111. The molecule has 122 valence electrons. The summed E-state index contributed by atoms with van der Waals surface area (Å²) < 4.78 is 0. The number of benzene rings is 2. The molecule has 6 heteroatoms. The number of aryl methyl sites for hydroxylation is 1. The van der Waals surface area contributed by atoms with Crippen LogP contribution in [0.25, 0.3) is 11.3 Å². The molecule has 0 atom stereocenters. The predicted molar refractivity (Wildman–Crippen MR) is 103 cm³/mol. The van der Waals surface area contributed by atoms with Crippen molar-refractivity contribution in [2.45, 2.75) is 11.8 Å². The van der Waals surface area contributed by atoms with Gasteiger partial charge in [0, 0.05) is 21.5 Å². The summed E-state index contributed by atoms with van der Waals surface area (Å²) in [7, 11) is 0. The molecule has 0 radical (unpaired) electrons. The third-order valence-corrected chi connectivity index (χ3v) is 5.28. The van der Waals surface area contributed by atoms with E-state index in [1.54, 1.807) is 35.2 Å². The van der Waals surface area contributed by atoms with Gasteiger partial charge in [-0.05, 0) is 43.5 Å². The Kier molecular flexibility index (Phi) is 5.23. The van der Waals surface area contributed by atoms with Gasteiger partial charge in [-0.1, -0.05) is 23.7 Å². The van der Waals surface area contributed by atoms with E-state index in [0.717, 1.165) is 21.2 Å². The highest BCUT2D eigenvalue weighted by molar-refractivity contribution is 7.98. The van der Waals surface area contributed by atoms with Crippen molar-refractivity contribution in [2.24, 2.45) is 0 Å². The summed E-state index contributed by atoms with van der Waals surface area (Å²) in [5, 5.41) is 6.37. The summed E-state index contributed by atoms with van der Waals surface area (Å²) in [6.07, 6.45) is 1.96. The number of thiazole rings is 1. The topological polar surface area (TPSA) is 42.0 Å². The summed E-state index contributed by atoms with van der Waals surface area (Å²) in [5.74, 6) is -0.220. The summed E-state index contributed by atoms with van der Waals surface area (Å²) in [6.45, 7) is 1.97. The average Bonchev–Trinajstić information content (AvgIpc) is 3.02. The van der Waals surface area contributed by atoms with Gasteiger partial charge in [0.15, 0.2) is 0 Å². The number of halogens is 1. The Morgan fingerprint density at radius 1 is 1.25 bits per heavy atom. The van der Waals surface area contributed by atoms with Crippen LogP contribution in [0.3, 0.4) is 0 Å². The average molecular weight is 375 g/mol. The van der Waals surface area contributed by atoms with Crippen LogP contribution in [-0.4, -0.2) is 17.1 Å². The molecule has 0 bridgehead atoms. The highest BCUT2D eigenvalue weighted by Gasteiger charge is 2.12. The number of nitrogens with one attached hydrogen (secondary N) is 1. The first-order valence-electron chi connectivity index (χ1n) is 7.24. The molecule has 0 aliphatic heterocycles. The van der Waals surface area contributed by atoms with E-state index in [1.807, 2.05) is 48.9 Å². The zero-order valence-electron chi connectivity index (χ0n) is 13.2. The van der Waals surface area contributed by atoms with Gasteiger partial charge in [0.1, 0.15) is 0 Å². The maximum absolute atomic E-state index is 12.5. The summed E-state index contributed by atoms with van der Waals surface area (Å²) in [6, 6.07) is 13.1. The van der Waals surface area contributed by atoms with Crippen molar-refractivity contribution >= 4 is 46.3 Å². The lowest BCUT2D eigenvalue weighted by atomic mass is 10.1. The lowest BCUT2D eigenvalue weighted by Crippen LogP contribution is -2.12. The Morgan fingerprint density at radius 3 is 2.79 bits per heavy atom. The van der Waals surface area contributed by atoms with Crippen LogP contribution < -0.4 is 5.32 Å². The lowest BCUT2D eigenvalue weighted by molar-refractivity contribution is 0.102. The van der Waals surface area contributed by atoms with Crippen LogP contribution in [0, 0.1) is 6.92 Å². The molecule has 3 aromatic rings. The van der Waals surface area contributed by atoms with E-state index >= 15 is 0 Å². The van der Waals surface area contributed by atoms with Crippen molar-refractivity contribution in [3.63, 3.8) is 0 Å². The Bertz CT molecular complexity index is 892. The Balaban J connectivity index is 1.85. The van der Waals surface area contributed by atoms with E-state index in [2.05, 4.69) is 10.3 Å². The first-order chi connectivity index (χ1) is 11.6. The van der Waals surface area contributed by atoms with Crippen LogP contribution in [0.4, 0.5) is 5.69 Å². The molecule has 3 rings (SSSR count). The molecular formula is C18H15ClN2OS2. The standard InChI is InChI=1S/C18H15ClN2OS2/c1-11-20-17(10-24-11)12-4-3-5-13(8-12)21-18(22)15-9-14(23-2)6-7-16(15)19/h3-10H,1-2H3,(H,21,22). The van der Waals surface area contributed by atoms with E-state index in [4.69, 9.17) is 11.6 Å². The van der Waals surface area contributed by atoms with E-state index in [-0.39, 0.29) is 5.91 Å². The molecule has 0 spiro atoms. The fourth-order valence-corrected chi connectivity index (χ4v) is 3.52. The summed E-state index contributed by atoms with van der Waals surface area (Å²) in [4.78, 5) is 18.0. The van der Waals surface area contributed by atoms with Gasteiger partial charge in [-0.2, -0.15) is 0 Å². The molecule has 3 nitrogen and oxygen atoms in total. The molecule has 1 heterocycles. The number of hydrogen-bond acceptors (Lipinski definition) is 4. The van der Waals surface area contributed by atoms with Gasteiger partial charge in [-0.15, -0.1) is 23.1 Å². The molecule has 0 fully saturated rings. The minimum atomic E-state index is -0.220. The maximum atomic E-state index is 12.5. The van der Waals surface area contributed by atoms with Gasteiger partial charge in [-0.3, -0.25) is 4.79 Å². The van der Waals surface area contributed by atoms with Crippen LogP contribution in [-0.2, 0) is 0 Å². The molecule has 0 aliphatic rings. The second-order valence-corrected chi connectivity index (χ2v) is 7.48. The first-order valence-corrected chi connectivity index (χ1v) is 9.72. The number of carbonyl (C=O) groups is 1. The van der Waals surface area contributed by atoms with Gasteiger partial charge in [-0.25, -0.2) is 4.98 Å². The minimum Gasteiger partial charge on any atom is -0.322 e. The molecule has 0 unspecified atom stereocenters. The molecular weight excluding hydrogens is 360 g/mol. The first kappa shape index (κ1) is 17.0. The Hall–Kier alpha value is -1.82. The van der Waals surface area contributed by atoms with Gasteiger partial charge >= 0.3 is 0 Å². The van der Waals surface area contributed by atoms with Crippen LogP contribution >= 0.6 is 34.7 Å². The van der Waals surface area contributed by atoms with Crippen molar-refractivity contribution in [3.05, 3.63) is 63.4 Å². The van der Waals surface area contributed by atoms with E-state index in [9.17, 15) is 4.79 Å². The third-order valence-electron chi connectivity index (χ3n) is 3.45. The molecule has 2 aromatic carbocycles. The minimum absolute atomic E-state index is 0.220. The fourth-order valence-electron chi connectivity index (χ4n) is 2.26. The van der Waals surface area contributed by atoms with Crippen molar-refractivity contribution in [1.29, 1.82) is 0 Å². The van der Waals surface area contributed by atoms with Gasteiger partial charge in [0.05, 0.1) is 21.3 Å². The van der Waals surface area contributed by atoms with Gasteiger partial charge < -0.3 is 5.32 Å². The number of nitrogens with zero attached hydrogens (tertiary/aromatic N) is 1.